The van der Waals surface area contributed by atoms with Crippen LogP contribution in [0.25, 0.3) is 11.0 Å². The molecule has 0 aliphatic carbocycles. The summed E-state index contributed by atoms with van der Waals surface area (Å²) >= 11 is 5.93. The number of fused-ring (bicyclic) bond motifs is 1. The normalized spacial score (nSPS) is 10.7. The van der Waals surface area contributed by atoms with Crippen LogP contribution in [0, 0.1) is 20.8 Å². The molecule has 0 aliphatic rings. The summed E-state index contributed by atoms with van der Waals surface area (Å²) in [6, 6.07) is 10.1. The van der Waals surface area contributed by atoms with Crippen molar-refractivity contribution < 1.29 is 14.3 Å². The molecule has 0 saturated heterocycles. The number of amides is 1. The van der Waals surface area contributed by atoms with Gasteiger partial charge < -0.3 is 10.1 Å². The Balaban J connectivity index is 1.66. The SMILES string of the molecule is Cc1ccc(Cl)cc1NC(=O)COC(=O)c1ccc2nc(C)c(C)nc2c1. The average Bonchev–Trinajstić information content (AvgIpc) is 2.63. The molecule has 1 amide bonds. The summed E-state index contributed by atoms with van der Waals surface area (Å²) in [5.74, 6) is -1.05. The third kappa shape index (κ3) is 4.41. The number of ether oxygens (including phenoxy) is 1. The van der Waals surface area contributed by atoms with E-state index in [9.17, 15) is 9.59 Å². The van der Waals surface area contributed by atoms with Crippen LogP contribution in [0.1, 0.15) is 27.3 Å². The van der Waals surface area contributed by atoms with Gasteiger partial charge in [-0.1, -0.05) is 17.7 Å². The lowest BCUT2D eigenvalue weighted by molar-refractivity contribution is -0.119. The maximum atomic E-state index is 12.2. The van der Waals surface area contributed by atoms with E-state index in [1.807, 2.05) is 20.8 Å². The number of nitrogens with zero attached hydrogens (tertiary/aromatic N) is 2. The standard InChI is InChI=1S/C20H18ClN3O3/c1-11-4-6-15(21)9-17(11)24-19(25)10-27-20(26)14-5-7-16-18(8-14)23-13(3)12(2)22-16/h4-9H,10H2,1-3H3,(H,24,25). The monoisotopic (exact) mass is 383 g/mol. The molecular formula is C20H18ClN3O3. The second kappa shape index (κ2) is 7.72. The van der Waals surface area contributed by atoms with Crippen LogP contribution in [0.15, 0.2) is 36.4 Å². The first kappa shape index (κ1) is 18.8. The van der Waals surface area contributed by atoms with Crippen LogP contribution in [-0.4, -0.2) is 28.5 Å². The minimum absolute atomic E-state index is 0.312. The van der Waals surface area contributed by atoms with Gasteiger partial charge in [0.05, 0.1) is 28.0 Å². The number of aromatic nitrogens is 2. The quantitative estimate of drug-likeness (QED) is 0.688. The minimum Gasteiger partial charge on any atom is -0.452 e. The molecule has 0 radical (unpaired) electrons. The number of carbonyl (C=O) groups excluding carboxylic acids is 2. The Morgan fingerprint density at radius 1 is 1.00 bits per heavy atom. The molecule has 138 valence electrons. The molecule has 1 heterocycles. The van der Waals surface area contributed by atoms with Gasteiger partial charge in [0.15, 0.2) is 6.61 Å². The van der Waals surface area contributed by atoms with Gasteiger partial charge in [-0.15, -0.1) is 0 Å². The van der Waals surface area contributed by atoms with Gasteiger partial charge in [0, 0.05) is 10.7 Å². The number of aryl methyl sites for hydroxylation is 3. The number of esters is 1. The van der Waals surface area contributed by atoms with Crippen molar-refractivity contribution in [3.05, 3.63) is 63.9 Å². The first-order chi connectivity index (χ1) is 12.8. The van der Waals surface area contributed by atoms with Gasteiger partial charge in [0.25, 0.3) is 5.91 Å². The number of rotatable bonds is 4. The van der Waals surface area contributed by atoms with Crippen molar-refractivity contribution in [2.75, 3.05) is 11.9 Å². The Morgan fingerprint density at radius 2 is 1.70 bits per heavy atom. The van der Waals surface area contributed by atoms with Crippen LogP contribution in [0.2, 0.25) is 5.02 Å². The van der Waals surface area contributed by atoms with Crippen molar-refractivity contribution in [2.45, 2.75) is 20.8 Å². The number of benzene rings is 2. The van der Waals surface area contributed by atoms with Crippen molar-refractivity contribution in [1.82, 2.24) is 9.97 Å². The van der Waals surface area contributed by atoms with Crippen LogP contribution >= 0.6 is 11.6 Å². The van der Waals surface area contributed by atoms with E-state index in [0.29, 0.717) is 27.3 Å². The Bertz CT molecular complexity index is 1050. The lowest BCUT2D eigenvalue weighted by atomic mass is 10.2. The van der Waals surface area contributed by atoms with Crippen molar-refractivity contribution in [3.63, 3.8) is 0 Å². The minimum atomic E-state index is -0.602. The zero-order valence-corrected chi connectivity index (χ0v) is 15.9. The van der Waals surface area contributed by atoms with Crippen molar-refractivity contribution in [3.8, 4) is 0 Å². The van der Waals surface area contributed by atoms with Gasteiger partial charge in [-0.05, 0) is 56.7 Å². The van der Waals surface area contributed by atoms with Crippen LogP contribution in [-0.2, 0) is 9.53 Å². The third-order valence-corrected chi connectivity index (χ3v) is 4.35. The van der Waals surface area contributed by atoms with E-state index in [2.05, 4.69) is 15.3 Å². The molecule has 7 heteroatoms. The maximum absolute atomic E-state index is 12.2. The Labute approximate surface area is 161 Å². The first-order valence-electron chi connectivity index (χ1n) is 8.31. The van der Waals surface area contributed by atoms with Crippen molar-refractivity contribution in [1.29, 1.82) is 0 Å². The molecule has 0 fully saturated rings. The fraction of sp³-hybridized carbons (Fsp3) is 0.200. The van der Waals surface area contributed by atoms with Gasteiger partial charge >= 0.3 is 5.97 Å². The molecule has 3 aromatic rings. The highest BCUT2D eigenvalue weighted by Crippen LogP contribution is 2.20. The second-order valence-electron chi connectivity index (χ2n) is 6.18. The lowest BCUT2D eigenvalue weighted by Crippen LogP contribution is -2.21. The predicted octanol–water partition coefficient (Wildman–Crippen LogP) is 4.00. The number of halogens is 1. The summed E-state index contributed by atoms with van der Waals surface area (Å²) < 4.78 is 5.10. The van der Waals surface area contributed by atoms with E-state index in [0.717, 1.165) is 17.0 Å². The summed E-state index contributed by atoms with van der Waals surface area (Å²) in [6.45, 7) is 5.18. The molecule has 1 N–H and O–H groups in total. The van der Waals surface area contributed by atoms with Gasteiger partial charge in [0.1, 0.15) is 0 Å². The summed E-state index contributed by atoms with van der Waals surface area (Å²) in [4.78, 5) is 33.1. The molecule has 27 heavy (non-hydrogen) atoms. The molecule has 0 bridgehead atoms. The van der Waals surface area contributed by atoms with Gasteiger partial charge in [0.2, 0.25) is 0 Å². The summed E-state index contributed by atoms with van der Waals surface area (Å²) in [6.07, 6.45) is 0. The summed E-state index contributed by atoms with van der Waals surface area (Å²) in [5, 5.41) is 3.19. The maximum Gasteiger partial charge on any atom is 0.338 e. The highest BCUT2D eigenvalue weighted by molar-refractivity contribution is 6.31. The van der Waals surface area contributed by atoms with E-state index < -0.39 is 18.5 Å². The third-order valence-electron chi connectivity index (χ3n) is 4.12. The molecule has 2 aromatic carbocycles. The average molecular weight is 384 g/mol. The molecule has 1 aromatic heterocycles. The Kier molecular flexibility index (Phi) is 5.37. The van der Waals surface area contributed by atoms with Crippen molar-refractivity contribution >= 4 is 40.2 Å². The highest BCUT2D eigenvalue weighted by Gasteiger charge is 2.13. The zero-order valence-electron chi connectivity index (χ0n) is 15.2. The predicted molar refractivity (Wildman–Crippen MR) is 104 cm³/mol. The molecule has 3 rings (SSSR count). The fourth-order valence-electron chi connectivity index (χ4n) is 2.49. The number of anilines is 1. The summed E-state index contributed by atoms with van der Waals surface area (Å²) in [5.41, 5.74) is 4.69. The van der Waals surface area contributed by atoms with Gasteiger partial charge in [-0.25, -0.2) is 14.8 Å². The topological polar surface area (TPSA) is 81.2 Å². The molecule has 0 atom stereocenters. The van der Waals surface area contributed by atoms with E-state index in [4.69, 9.17) is 16.3 Å². The fourth-order valence-corrected chi connectivity index (χ4v) is 2.66. The van der Waals surface area contributed by atoms with Crippen LogP contribution in [0.5, 0.6) is 0 Å². The van der Waals surface area contributed by atoms with Crippen LogP contribution < -0.4 is 5.32 Å². The van der Waals surface area contributed by atoms with Crippen LogP contribution in [0.3, 0.4) is 0 Å². The molecule has 6 nitrogen and oxygen atoms in total. The molecule has 0 saturated carbocycles. The van der Waals surface area contributed by atoms with E-state index in [1.54, 1.807) is 36.4 Å². The highest BCUT2D eigenvalue weighted by atomic mass is 35.5. The number of hydrogen-bond acceptors (Lipinski definition) is 5. The number of nitrogens with one attached hydrogen (secondary N) is 1. The zero-order chi connectivity index (χ0) is 19.6. The Morgan fingerprint density at radius 3 is 2.44 bits per heavy atom. The van der Waals surface area contributed by atoms with E-state index in [1.165, 1.54) is 0 Å². The Hall–Kier alpha value is -2.99. The largest absolute Gasteiger partial charge is 0.452 e. The lowest BCUT2D eigenvalue weighted by Gasteiger charge is -2.10. The molecular weight excluding hydrogens is 366 g/mol. The van der Waals surface area contributed by atoms with Crippen LogP contribution in [0.4, 0.5) is 5.69 Å². The van der Waals surface area contributed by atoms with E-state index >= 15 is 0 Å². The smallest absolute Gasteiger partial charge is 0.338 e. The van der Waals surface area contributed by atoms with Gasteiger partial charge in [-0.2, -0.15) is 0 Å². The molecule has 0 aliphatic heterocycles. The van der Waals surface area contributed by atoms with E-state index in [-0.39, 0.29) is 0 Å². The van der Waals surface area contributed by atoms with Crippen molar-refractivity contribution in [2.24, 2.45) is 0 Å². The molecule has 0 unspecified atom stereocenters. The van der Waals surface area contributed by atoms with Gasteiger partial charge in [-0.3, -0.25) is 4.79 Å². The second-order valence-corrected chi connectivity index (χ2v) is 6.62. The number of hydrogen-bond donors (Lipinski definition) is 1. The summed E-state index contributed by atoms with van der Waals surface area (Å²) in [7, 11) is 0. The number of carbonyl (C=O) groups is 2. The molecule has 0 spiro atoms. The first-order valence-corrected chi connectivity index (χ1v) is 8.69.